The lowest BCUT2D eigenvalue weighted by atomic mass is 9.81. The zero-order chi connectivity index (χ0) is 12.5. The average Bonchev–Trinajstić information content (AvgIpc) is 2.36. The van der Waals surface area contributed by atoms with Crippen molar-refractivity contribution in [1.82, 2.24) is 5.32 Å². The van der Waals surface area contributed by atoms with Crippen LogP contribution >= 0.6 is 0 Å². The van der Waals surface area contributed by atoms with Gasteiger partial charge < -0.3 is 11.1 Å². The maximum absolute atomic E-state index is 12.0. The first kappa shape index (κ1) is 14.5. The first-order valence-corrected chi connectivity index (χ1v) is 7.25. The summed E-state index contributed by atoms with van der Waals surface area (Å²) in [5.74, 6) is 1.22. The molecule has 0 aliphatic heterocycles. The summed E-state index contributed by atoms with van der Waals surface area (Å²) in [4.78, 5) is 12.0. The molecule has 0 heterocycles. The Kier molecular flexibility index (Phi) is 7.25. The van der Waals surface area contributed by atoms with Gasteiger partial charge in [0.25, 0.3) is 0 Å². The van der Waals surface area contributed by atoms with Gasteiger partial charge in [-0.05, 0) is 18.8 Å². The van der Waals surface area contributed by atoms with E-state index in [4.69, 9.17) is 5.73 Å². The van der Waals surface area contributed by atoms with E-state index in [2.05, 4.69) is 12.2 Å². The number of amides is 1. The standard InChI is InChI=1S/C14H28N2O/c1-2-6-13(14(17)16-10-9-15)11-12-7-4-3-5-8-12/h12-13H,2-11,15H2,1H3,(H,16,17). The van der Waals surface area contributed by atoms with Gasteiger partial charge in [0.05, 0.1) is 0 Å². The van der Waals surface area contributed by atoms with Crippen LogP contribution in [0.2, 0.25) is 0 Å². The van der Waals surface area contributed by atoms with Crippen LogP contribution in [0.15, 0.2) is 0 Å². The van der Waals surface area contributed by atoms with Crippen molar-refractivity contribution in [3.05, 3.63) is 0 Å². The lowest BCUT2D eigenvalue weighted by Crippen LogP contribution is -2.35. The highest BCUT2D eigenvalue weighted by atomic mass is 16.1. The molecule has 0 bridgehead atoms. The van der Waals surface area contributed by atoms with E-state index in [9.17, 15) is 4.79 Å². The Bertz CT molecular complexity index is 212. The third kappa shape index (κ3) is 5.53. The third-order valence-electron chi connectivity index (χ3n) is 3.79. The molecule has 1 rings (SSSR count). The molecule has 0 spiro atoms. The normalized spacial score (nSPS) is 18.9. The van der Waals surface area contributed by atoms with Gasteiger partial charge in [0, 0.05) is 19.0 Å². The van der Waals surface area contributed by atoms with Crippen LogP contribution in [-0.2, 0) is 4.79 Å². The molecule has 3 heteroatoms. The van der Waals surface area contributed by atoms with Crippen molar-refractivity contribution in [2.45, 2.75) is 58.3 Å². The Morgan fingerprint density at radius 3 is 2.65 bits per heavy atom. The molecular formula is C14H28N2O. The number of nitrogens with one attached hydrogen (secondary N) is 1. The molecule has 1 unspecified atom stereocenters. The first-order valence-electron chi connectivity index (χ1n) is 7.25. The molecule has 3 nitrogen and oxygen atoms in total. The minimum Gasteiger partial charge on any atom is -0.355 e. The molecule has 0 aromatic carbocycles. The smallest absolute Gasteiger partial charge is 0.223 e. The summed E-state index contributed by atoms with van der Waals surface area (Å²) < 4.78 is 0. The van der Waals surface area contributed by atoms with Crippen LogP contribution in [0, 0.1) is 11.8 Å². The summed E-state index contributed by atoms with van der Waals surface area (Å²) in [6.07, 6.45) is 9.94. The zero-order valence-corrected chi connectivity index (χ0v) is 11.2. The Balaban J connectivity index is 2.37. The fourth-order valence-corrected chi connectivity index (χ4v) is 2.87. The second-order valence-corrected chi connectivity index (χ2v) is 5.31. The minimum atomic E-state index is 0.217. The maximum Gasteiger partial charge on any atom is 0.223 e. The van der Waals surface area contributed by atoms with E-state index in [0.29, 0.717) is 13.1 Å². The molecule has 0 radical (unpaired) electrons. The summed E-state index contributed by atoms with van der Waals surface area (Å²) in [5.41, 5.74) is 5.42. The minimum absolute atomic E-state index is 0.217. The van der Waals surface area contributed by atoms with Crippen LogP contribution in [0.5, 0.6) is 0 Å². The van der Waals surface area contributed by atoms with Crippen molar-refractivity contribution in [2.24, 2.45) is 17.6 Å². The highest BCUT2D eigenvalue weighted by Crippen LogP contribution is 2.30. The summed E-state index contributed by atoms with van der Waals surface area (Å²) in [6, 6.07) is 0. The van der Waals surface area contributed by atoms with Crippen molar-refractivity contribution in [3.63, 3.8) is 0 Å². The van der Waals surface area contributed by atoms with Gasteiger partial charge in [0.2, 0.25) is 5.91 Å². The molecule has 3 N–H and O–H groups in total. The number of carbonyl (C=O) groups excluding carboxylic acids is 1. The largest absolute Gasteiger partial charge is 0.355 e. The van der Waals surface area contributed by atoms with Gasteiger partial charge in [-0.3, -0.25) is 4.79 Å². The molecule has 0 aromatic rings. The molecule has 1 fully saturated rings. The first-order chi connectivity index (χ1) is 8.27. The molecule has 1 aliphatic rings. The van der Waals surface area contributed by atoms with Crippen LogP contribution in [0.4, 0.5) is 0 Å². The van der Waals surface area contributed by atoms with E-state index >= 15 is 0 Å². The quantitative estimate of drug-likeness (QED) is 0.718. The summed E-state index contributed by atoms with van der Waals surface area (Å²) in [5, 5.41) is 2.94. The molecule has 100 valence electrons. The Hall–Kier alpha value is -0.570. The number of nitrogens with two attached hydrogens (primary N) is 1. The molecule has 1 aliphatic carbocycles. The van der Waals surface area contributed by atoms with Crippen LogP contribution in [0.25, 0.3) is 0 Å². The third-order valence-corrected chi connectivity index (χ3v) is 3.79. The van der Waals surface area contributed by atoms with Gasteiger partial charge in [-0.25, -0.2) is 0 Å². The summed E-state index contributed by atoms with van der Waals surface area (Å²) in [7, 11) is 0. The van der Waals surface area contributed by atoms with Crippen LogP contribution in [0.1, 0.15) is 58.3 Å². The Morgan fingerprint density at radius 1 is 1.35 bits per heavy atom. The lowest BCUT2D eigenvalue weighted by molar-refractivity contribution is -0.125. The zero-order valence-electron chi connectivity index (χ0n) is 11.2. The van der Waals surface area contributed by atoms with Crippen molar-refractivity contribution >= 4 is 5.91 Å². The Morgan fingerprint density at radius 2 is 2.06 bits per heavy atom. The monoisotopic (exact) mass is 240 g/mol. The van der Waals surface area contributed by atoms with Crippen molar-refractivity contribution in [3.8, 4) is 0 Å². The van der Waals surface area contributed by atoms with Gasteiger partial charge in [0.15, 0.2) is 0 Å². The fourth-order valence-electron chi connectivity index (χ4n) is 2.87. The van der Waals surface area contributed by atoms with Gasteiger partial charge in [-0.1, -0.05) is 45.4 Å². The van der Waals surface area contributed by atoms with E-state index < -0.39 is 0 Å². The predicted octanol–water partition coefficient (Wildman–Crippen LogP) is 2.45. The van der Waals surface area contributed by atoms with E-state index in [-0.39, 0.29) is 11.8 Å². The number of hydrogen-bond donors (Lipinski definition) is 2. The van der Waals surface area contributed by atoms with Gasteiger partial charge >= 0.3 is 0 Å². The fraction of sp³-hybridized carbons (Fsp3) is 0.929. The average molecular weight is 240 g/mol. The van der Waals surface area contributed by atoms with Crippen molar-refractivity contribution in [2.75, 3.05) is 13.1 Å². The highest BCUT2D eigenvalue weighted by Gasteiger charge is 2.23. The molecule has 1 atom stereocenters. The highest BCUT2D eigenvalue weighted by molar-refractivity contribution is 5.78. The number of rotatable bonds is 7. The molecule has 0 saturated heterocycles. The predicted molar refractivity (Wildman–Crippen MR) is 71.7 cm³/mol. The summed E-state index contributed by atoms with van der Waals surface area (Å²) >= 11 is 0. The van der Waals surface area contributed by atoms with Crippen molar-refractivity contribution in [1.29, 1.82) is 0 Å². The van der Waals surface area contributed by atoms with E-state index in [1.165, 1.54) is 32.1 Å². The van der Waals surface area contributed by atoms with Gasteiger partial charge in [-0.15, -0.1) is 0 Å². The topological polar surface area (TPSA) is 55.1 Å². The second-order valence-electron chi connectivity index (χ2n) is 5.31. The van der Waals surface area contributed by atoms with Crippen molar-refractivity contribution < 1.29 is 4.79 Å². The van der Waals surface area contributed by atoms with E-state index in [1.54, 1.807) is 0 Å². The SMILES string of the molecule is CCCC(CC1CCCCC1)C(=O)NCCN. The molecule has 0 aromatic heterocycles. The lowest BCUT2D eigenvalue weighted by Gasteiger charge is -2.25. The van der Waals surface area contributed by atoms with Gasteiger partial charge in [0.1, 0.15) is 0 Å². The summed E-state index contributed by atoms with van der Waals surface area (Å²) in [6.45, 7) is 3.31. The number of hydrogen-bond acceptors (Lipinski definition) is 2. The molecular weight excluding hydrogens is 212 g/mol. The van der Waals surface area contributed by atoms with Crippen LogP contribution < -0.4 is 11.1 Å². The van der Waals surface area contributed by atoms with E-state index in [1.807, 2.05) is 0 Å². The van der Waals surface area contributed by atoms with Gasteiger partial charge in [-0.2, -0.15) is 0 Å². The van der Waals surface area contributed by atoms with Crippen LogP contribution in [0.3, 0.4) is 0 Å². The Labute approximate surface area is 106 Å². The molecule has 17 heavy (non-hydrogen) atoms. The molecule has 1 amide bonds. The van der Waals surface area contributed by atoms with E-state index in [0.717, 1.165) is 25.2 Å². The number of carbonyl (C=O) groups is 1. The maximum atomic E-state index is 12.0. The second kappa shape index (κ2) is 8.51. The van der Waals surface area contributed by atoms with Crippen LogP contribution in [-0.4, -0.2) is 19.0 Å². The molecule has 1 saturated carbocycles.